The summed E-state index contributed by atoms with van der Waals surface area (Å²) >= 11 is 0. The highest BCUT2D eigenvalue weighted by Crippen LogP contribution is 2.25. The lowest BCUT2D eigenvalue weighted by molar-refractivity contribution is 0.270. The van der Waals surface area contributed by atoms with E-state index in [-0.39, 0.29) is 0 Å². The van der Waals surface area contributed by atoms with Crippen LogP contribution in [0.4, 0.5) is 0 Å². The molecule has 0 saturated heterocycles. The summed E-state index contributed by atoms with van der Waals surface area (Å²) in [5.74, 6) is 2.07. The number of para-hydroxylation sites is 2. The third-order valence-corrected chi connectivity index (χ3v) is 2.34. The molecule has 0 saturated carbocycles. The van der Waals surface area contributed by atoms with E-state index in [4.69, 9.17) is 15.2 Å². The third-order valence-electron chi connectivity index (χ3n) is 2.34. The second kappa shape index (κ2) is 6.30. The van der Waals surface area contributed by atoms with Gasteiger partial charge in [0.1, 0.15) is 0 Å². The van der Waals surface area contributed by atoms with Crippen LogP contribution in [0.1, 0.15) is 13.3 Å². The average Bonchev–Trinajstić information content (AvgIpc) is 2.29. The number of benzene rings is 1. The summed E-state index contributed by atoms with van der Waals surface area (Å²) in [5, 5.41) is 0. The Morgan fingerprint density at radius 1 is 1.27 bits per heavy atom. The number of rotatable bonds is 6. The van der Waals surface area contributed by atoms with Gasteiger partial charge in [0.05, 0.1) is 13.7 Å². The van der Waals surface area contributed by atoms with Crippen LogP contribution in [0.25, 0.3) is 0 Å². The van der Waals surface area contributed by atoms with Gasteiger partial charge in [-0.2, -0.15) is 0 Å². The molecular weight excluding hydrogens is 190 g/mol. The topological polar surface area (TPSA) is 44.5 Å². The van der Waals surface area contributed by atoms with Crippen molar-refractivity contribution in [2.24, 2.45) is 11.7 Å². The second-order valence-electron chi connectivity index (χ2n) is 3.63. The molecule has 0 bridgehead atoms. The first-order valence-corrected chi connectivity index (χ1v) is 5.23. The normalized spacial score (nSPS) is 12.2. The fourth-order valence-corrected chi connectivity index (χ4v) is 1.23. The lowest BCUT2D eigenvalue weighted by Crippen LogP contribution is -2.14. The molecular formula is C12H19NO2. The zero-order valence-corrected chi connectivity index (χ0v) is 9.40. The van der Waals surface area contributed by atoms with E-state index in [1.165, 1.54) is 0 Å². The minimum Gasteiger partial charge on any atom is -0.493 e. The zero-order valence-electron chi connectivity index (χ0n) is 9.40. The van der Waals surface area contributed by atoms with Gasteiger partial charge in [0.25, 0.3) is 0 Å². The Balaban J connectivity index is 2.43. The van der Waals surface area contributed by atoms with Crippen LogP contribution < -0.4 is 15.2 Å². The summed E-state index contributed by atoms with van der Waals surface area (Å²) in [7, 11) is 1.64. The highest BCUT2D eigenvalue weighted by Gasteiger charge is 2.03. The molecule has 0 radical (unpaired) electrons. The number of nitrogens with two attached hydrogens (primary N) is 1. The predicted octanol–water partition coefficient (Wildman–Crippen LogP) is 2.06. The van der Waals surface area contributed by atoms with Crippen LogP contribution >= 0.6 is 0 Å². The molecule has 3 nitrogen and oxygen atoms in total. The molecule has 1 unspecified atom stereocenters. The molecule has 0 aromatic heterocycles. The Kier molecular flexibility index (Phi) is 4.98. The molecule has 0 heterocycles. The standard InChI is InChI=1S/C12H19NO2/c1-10(9-13)7-8-15-12-6-4-3-5-11(12)14-2/h3-6,10H,7-9,13H2,1-2H3. The Morgan fingerprint density at radius 2 is 1.93 bits per heavy atom. The van der Waals surface area contributed by atoms with Crippen molar-refractivity contribution in [3.63, 3.8) is 0 Å². The van der Waals surface area contributed by atoms with E-state index in [1.54, 1.807) is 7.11 Å². The summed E-state index contributed by atoms with van der Waals surface area (Å²) in [6.07, 6.45) is 0.967. The molecule has 0 aliphatic heterocycles. The van der Waals surface area contributed by atoms with Gasteiger partial charge < -0.3 is 15.2 Å². The van der Waals surface area contributed by atoms with Gasteiger partial charge in [-0.1, -0.05) is 19.1 Å². The highest BCUT2D eigenvalue weighted by molar-refractivity contribution is 5.39. The minimum absolute atomic E-state index is 0.500. The summed E-state index contributed by atoms with van der Waals surface area (Å²) in [5.41, 5.74) is 5.53. The van der Waals surface area contributed by atoms with Crippen molar-refractivity contribution in [2.45, 2.75) is 13.3 Å². The summed E-state index contributed by atoms with van der Waals surface area (Å²) in [4.78, 5) is 0. The first-order chi connectivity index (χ1) is 7.27. The van der Waals surface area contributed by atoms with Gasteiger partial charge in [-0.05, 0) is 31.0 Å². The maximum atomic E-state index is 5.62. The highest BCUT2D eigenvalue weighted by atomic mass is 16.5. The van der Waals surface area contributed by atoms with Crippen LogP contribution in [-0.2, 0) is 0 Å². The van der Waals surface area contributed by atoms with E-state index in [9.17, 15) is 0 Å². The fraction of sp³-hybridized carbons (Fsp3) is 0.500. The Hall–Kier alpha value is -1.22. The van der Waals surface area contributed by atoms with Gasteiger partial charge in [-0.25, -0.2) is 0 Å². The van der Waals surface area contributed by atoms with Crippen molar-refractivity contribution in [3.8, 4) is 11.5 Å². The molecule has 1 rings (SSSR count). The number of hydrogen-bond acceptors (Lipinski definition) is 3. The quantitative estimate of drug-likeness (QED) is 0.780. The Morgan fingerprint density at radius 3 is 2.53 bits per heavy atom. The largest absolute Gasteiger partial charge is 0.493 e. The molecule has 1 atom stereocenters. The summed E-state index contributed by atoms with van der Waals surface area (Å²) in [6.45, 7) is 3.50. The van der Waals surface area contributed by atoms with Gasteiger partial charge in [-0.3, -0.25) is 0 Å². The Labute approximate surface area is 91.2 Å². The van der Waals surface area contributed by atoms with E-state index >= 15 is 0 Å². The lowest BCUT2D eigenvalue weighted by atomic mass is 10.1. The van der Waals surface area contributed by atoms with Gasteiger partial charge >= 0.3 is 0 Å². The molecule has 1 aromatic rings. The smallest absolute Gasteiger partial charge is 0.161 e. The van der Waals surface area contributed by atoms with Gasteiger partial charge in [-0.15, -0.1) is 0 Å². The maximum absolute atomic E-state index is 5.62. The van der Waals surface area contributed by atoms with Crippen LogP contribution in [-0.4, -0.2) is 20.3 Å². The van der Waals surface area contributed by atoms with Gasteiger partial charge in [0, 0.05) is 0 Å². The average molecular weight is 209 g/mol. The number of ether oxygens (including phenoxy) is 2. The predicted molar refractivity (Wildman–Crippen MR) is 61.3 cm³/mol. The molecule has 1 aromatic carbocycles. The Bertz CT molecular complexity index is 289. The third kappa shape index (κ3) is 3.80. The van der Waals surface area contributed by atoms with Crippen molar-refractivity contribution in [3.05, 3.63) is 24.3 Å². The van der Waals surface area contributed by atoms with Crippen LogP contribution in [0.3, 0.4) is 0 Å². The van der Waals surface area contributed by atoms with E-state index in [0.717, 1.165) is 17.9 Å². The maximum Gasteiger partial charge on any atom is 0.161 e. The van der Waals surface area contributed by atoms with Crippen LogP contribution in [0.5, 0.6) is 11.5 Å². The van der Waals surface area contributed by atoms with Crippen molar-refractivity contribution in [1.82, 2.24) is 0 Å². The molecule has 0 amide bonds. The molecule has 15 heavy (non-hydrogen) atoms. The first-order valence-electron chi connectivity index (χ1n) is 5.23. The summed E-state index contributed by atoms with van der Waals surface area (Å²) < 4.78 is 10.8. The minimum atomic E-state index is 0.500. The lowest BCUT2D eigenvalue weighted by Gasteiger charge is -2.12. The van der Waals surface area contributed by atoms with Crippen LogP contribution in [0.2, 0.25) is 0 Å². The van der Waals surface area contributed by atoms with Crippen LogP contribution in [0, 0.1) is 5.92 Å². The molecule has 2 N–H and O–H groups in total. The van der Waals surface area contributed by atoms with Crippen LogP contribution in [0.15, 0.2) is 24.3 Å². The number of hydrogen-bond donors (Lipinski definition) is 1. The molecule has 0 spiro atoms. The van der Waals surface area contributed by atoms with E-state index in [1.807, 2.05) is 24.3 Å². The summed E-state index contributed by atoms with van der Waals surface area (Å²) in [6, 6.07) is 7.66. The molecule has 84 valence electrons. The first kappa shape index (κ1) is 11.9. The van der Waals surface area contributed by atoms with E-state index < -0.39 is 0 Å². The number of methoxy groups -OCH3 is 1. The van der Waals surface area contributed by atoms with E-state index in [2.05, 4.69) is 6.92 Å². The van der Waals surface area contributed by atoms with Crippen molar-refractivity contribution >= 4 is 0 Å². The van der Waals surface area contributed by atoms with Crippen molar-refractivity contribution in [2.75, 3.05) is 20.3 Å². The second-order valence-corrected chi connectivity index (χ2v) is 3.63. The van der Waals surface area contributed by atoms with Crippen molar-refractivity contribution in [1.29, 1.82) is 0 Å². The zero-order chi connectivity index (χ0) is 11.1. The SMILES string of the molecule is COc1ccccc1OCCC(C)CN. The molecule has 0 aliphatic carbocycles. The van der Waals surface area contributed by atoms with E-state index in [0.29, 0.717) is 19.1 Å². The van der Waals surface area contributed by atoms with Gasteiger partial charge in [0.2, 0.25) is 0 Å². The molecule has 0 fully saturated rings. The van der Waals surface area contributed by atoms with Crippen molar-refractivity contribution < 1.29 is 9.47 Å². The molecule has 3 heteroatoms. The molecule has 0 aliphatic rings. The monoisotopic (exact) mass is 209 g/mol. The fourth-order valence-electron chi connectivity index (χ4n) is 1.23. The van der Waals surface area contributed by atoms with Gasteiger partial charge in [0.15, 0.2) is 11.5 Å².